The predicted octanol–water partition coefficient (Wildman–Crippen LogP) is 2.15. The minimum absolute atomic E-state index is 0.0156. The van der Waals surface area contributed by atoms with Crippen molar-refractivity contribution in [1.82, 2.24) is 10.2 Å². The van der Waals surface area contributed by atoms with E-state index in [1.165, 1.54) is 7.11 Å². The first-order chi connectivity index (χ1) is 10.9. The number of amides is 2. The average Bonchev–Trinajstić information content (AvgIpc) is 3.09. The second-order valence-electron chi connectivity index (χ2n) is 6.44. The van der Waals surface area contributed by atoms with Crippen molar-refractivity contribution in [2.75, 3.05) is 7.11 Å². The Labute approximate surface area is 139 Å². The van der Waals surface area contributed by atoms with Gasteiger partial charge >= 0.3 is 6.09 Å². The number of fused-ring (bicyclic) bond motifs is 2. The molecule has 5 atom stereocenters. The van der Waals surface area contributed by atoms with E-state index in [1.807, 2.05) is 39.5 Å². The Morgan fingerprint density at radius 1 is 1.30 bits per heavy atom. The number of nitrogens with zero attached hydrogens (tertiary/aromatic N) is 1. The number of ether oxygens (including phenoxy) is 1. The minimum Gasteiger partial charge on any atom is -0.453 e. The van der Waals surface area contributed by atoms with E-state index < -0.39 is 12.1 Å². The summed E-state index contributed by atoms with van der Waals surface area (Å²) in [5.74, 6) is 0.106. The van der Waals surface area contributed by atoms with Gasteiger partial charge in [0.05, 0.1) is 13.2 Å². The summed E-state index contributed by atoms with van der Waals surface area (Å²) in [5, 5.41) is 12.7. The smallest absolute Gasteiger partial charge is 0.407 e. The number of hydrogen-bond donors (Lipinski definition) is 2. The summed E-state index contributed by atoms with van der Waals surface area (Å²) in [6, 6.07) is -0.405. The molecule has 2 aliphatic rings. The third kappa shape index (κ3) is 3.97. The van der Waals surface area contributed by atoms with Crippen LogP contribution < -0.4 is 5.32 Å². The number of likely N-dealkylation sites (tertiary alicyclic amines) is 1. The van der Waals surface area contributed by atoms with Gasteiger partial charge in [0.1, 0.15) is 6.04 Å². The molecule has 0 aromatic carbocycles. The van der Waals surface area contributed by atoms with E-state index >= 15 is 0 Å². The molecule has 2 fully saturated rings. The van der Waals surface area contributed by atoms with Crippen LogP contribution in [-0.4, -0.2) is 53.3 Å². The van der Waals surface area contributed by atoms with Gasteiger partial charge in [-0.05, 0) is 25.2 Å². The van der Waals surface area contributed by atoms with Gasteiger partial charge in [0.15, 0.2) is 0 Å². The number of aliphatic hydroxyl groups excluding tert-OH is 1. The van der Waals surface area contributed by atoms with Crippen molar-refractivity contribution < 1.29 is 19.4 Å². The lowest BCUT2D eigenvalue weighted by molar-refractivity contribution is -0.140. The van der Waals surface area contributed by atoms with Crippen molar-refractivity contribution in [3.05, 3.63) is 0 Å². The molecule has 1 aliphatic heterocycles. The summed E-state index contributed by atoms with van der Waals surface area (Å²) < 4.78 is 4.62. The molecule has 0 radical (unpaired) electrons. The molecule has 6 nitrogen and oxygen atoms in total. The third-order valence-electron chi connectivity index (χ3n) is 4.86. The molecule has 134 valence electrons. The topological polar surface area (TPSA) is 78.9 Å². The predicted molar refractivity (Wildman–Crippen MR) is 89.0 cm³/mol. The van der Waals surface area contributed by atoms with Crippen molar-refractivity contribution in [2.45, 2.75) is 78.1 Å². The van der Waals surface area contributed by atoms with E-state index in [4.69, 9.17) is 0 Å². The van der Waals surface area contributed by atoms with Gasteiger partial charge in [-0.2, -0.15) is 0 Å². The zero-order chi connectivity index (χ0) is 17.7. The highest BCUT2D eigenvalue weighted by Gasteiger charge is 2.53. The Kier molecular flexibility index (Phi) is 7.32. The van der Waals surface area contributed by atoms with Gasteiger partial charge in [0, 0.05) is 18.0 Å². The number of alkyl carbamates (subject to hydrolysis) is 1. The van der Waals surface area contributed by atoms with E-state index in [1.54, 1.807) is 0 Å². The van der Waals surface area contributed by atoms with Gasteiger partial charge in [0.2, 0.25) is 5.91 Å². The van der Waals surface area contributed by atoms with Gasteiger partial charge in [-0.15, -0.1) is 0 Å². The van der Waals surface area contributed by atoms with Crippen LogP contribution in [-0.2, 0) is 9.53 Å². The summed E-state index contributed by atoms with van der Waals surface area (Å²) in [6.07, 6.45) is 1.46. The lowest BCUT2D eigenvalue weighted by Crippen LogP contribution is -2.57. The van der Waals surface area contributed by atoms with E-state index in [9.17, 15) is 14.7 Å². The Morgan fingerprint density at radius 3 is 2.39 bits per heavy atom. The maximum absolute atomic E-state index is 12.9. The quantitative estimate of drug-likeness (QED) is 0.829. The largest absolute Gasteiger partial charge is 0.453 e. The van der Waals surface area contributed by atoms with Crippen LogP contribution in [0.5, 0.6) is 0 Å². The van der Waals surface area contributed by atoms with Crippen LogP contribution in [0.1, 0.15) is 53.9 Å². The molecule has 0 unspecified atom stereocenters. The van der Waals surface area contributed by atoms with Crippen molar-refractivity contribution >= 4 is 12.0 Å². The lowest BCUT2D eigenvalue weighted by atomic mass is 9.92. The number of carbonyl (C=O) groups excluding carboxylic acids is 2. The number of aliphatic hydroxyl groups is 1. The van der Waals surface area contributed by atoms with E-state index in [-0.39, 0.29) is 35.9 Å². The number of methoxy groups -OCH3 is 1. The fourth-order valence-corrected chi connectivity index (χ4v) is 3.84. The summed E-state index contributed by atoms with van der Waals surface area (Å²) in [4.78, 5) is 26.2. The van der Waals surface area contributed by atoms with Crippen LogP contribution in [0.25, 0.3) is 0 Å². The molecule has 0 aromatic rings. The summed E-state index contributed by atoms with van der Waals surface area (Å²) >= 11 is 0. The zero-order valence-electron chi connectivity index (χ0n) is 15.2. The molecule has 2 rings (SSSR count). The summed E-state index contributed by atoms with van der Waals surface area (Å²) in [6.45, 7) is 9.85. The second-order valence-corrected chi connectivity index (χ2v) is 6.44. The maximum Gasteiger partial charge on any atom is 0.407 e. The summed E-state index contributed by atoms with van der Waals surface area (Å²) in [5.41, 5.74) is 0. The number of nitrogens with one attached hydrogen (secondary N) is 1. The molecule has 2 amide bonds. The fraction of sp³-hybridized carbons (Fsp3) is 0.882. The highest BCUT2D eigenvalue weighted by molar-refractivity contribution is 5.86. The molecule has 1 heterocycles. The van der Waals surface area contributed by atoms with Crippen molar-refractivity contribution in [1.29, 1.82) is 0 Å². The standard InChI is InChI=1S/C15H26N2O4.C2H6/c1-5-11-10-6-9(7-12(10)18)17(11)14(19)13(8(2)3)16-15(20)21-4;1-2/h8-13,18H,5-7H2,1-4H3,(H,16,20);1-2H3/t9-,10-,11+,12-,13-;/m0./s1. The SMILES string of the molecule is CC.CC[C@@H]1[C@@H]2C[C@@H](C[C@@H]2O)N1C(=O)[C@@H](NC(=O)OC)C(C)C. The first-order valence-electron chi connectivity index (χ1n) is 8.75. The molecular weight excluding hydrogens is 296 g/mol. The van der Waals surface area contributed by atoms with E-state index in [2.05, 4.69) is 10.1 Å². The first-order valence-corrected chi connectivity index (χ1v) is 8.75. The van der Waals surface area contributed by atoms with Gasteiger partial charge in [-0.1, -0.05) is 34.6 Å². The molecule has 1 aliphatic carbocycles. The van der Waals surface area contributed by atoms with Gasteiger partial charge < -0.3 is 20.1 Å². The molecule has 2 N–H and O–H groups in total. The highest BCUT2D eigenvalue weighted by Crippen LogP contribution is 2.44. The molecule has 2 bridgehead atoms. The van der Waals surface area contributed by atoms with Crippen LogP contribution in [0, 0.1) is 11.8 Å². The zero-order valence-corrected chi connectivity index (χ0v) is 15.2. The molecule has 0 aromatic heterocycles. The second kappa shape index (κ2) is 8.52. The van der Waals surface area contributed by atoms with Crippen LogP contribution in [0.4, 0.5) is 4.79 Å². The molecule has 6 heteroatoms. The van der Waals surface area contributed by atoms with Crippen molar-refractivity contribution in [2.24, 2.45) is 11.8 Å². The maximum atomic E-state index is 12.9. The Hall–Kier alpha value is -1.30. The number of carbonyl (C=O) groups is 2. The van der Waals surface area contributed by atoms with Crippen molar-refractivity contribution in [3.8, 4) is 0 Å². The van der Waals surface area contributed by atoms with Crippen LogP contribution >= 0.6 is 0 Å². The molecule has 0 spiro atoms. The van der Waals surface area contributed by atoms with Crippen LogP contribution in [0.2, 0.25) is 0 Å². The Bertz CT molecular complexity index is 413. The fourth-order valence-electron chi connectivity index (χ4n) is 3.84. The summed E-state index contributed by atoms with van der Waals surface area (Å²) in [7, 11) is 1.29. The normalized spacial score (nSPS) is 29.8. The molecule has 1 saturated carbocycles. The molecule has 23 heavy (non-hydrogen) atoms. The number of piperidine rings is 1. The Balaban J connectivity index is 0.00000127. The minimum atomic E-state index is -0.584. The third-order valence-corrected chi connectivity index (χ3v) is 4.86. The molecule has 1 saturated heterocycles. The van der Waals surface area contributed by atoms with E-state index in [0.29, 0.717) is 6.42 Å². The van der Waals surface area contributed by atoms with Gasteiger partial charge in [-0.25, -0.2) is 4.79 Å². The van der Waals surface area contributed by atoms with Crippen LogP contribution in [0.15, 0.2) is 0 Å². The van der Waals surface area contributed by atoms with Gasteiger partial charge in [0.25, 0.3) is 0 Å². The average molecular weight is 328 g/mol. The number of rotatable bonds is 4. The van der Waals surface area contributed by atoms with Gasteiger partial charge in [-0.3, -0.25) is 4.79 Å². The van der Waals surface area contributed by atoms with Crippen molar-refractivity contribution in [3.63, 3.8) is 0 Å². The van der Waals surface area contributed by atoms with Crippen LogP contribution in [0.3, 0.4) is 0 Å². The Morgan fingerprint density at radius 2 is 1.91 bits per heavy atom. The first kappa shape index (κ1) is 19.7. The number of hydrogen-bond acceptors (Lipinski definition) is 4. The molecular formula is C17H32N2O4. The van der Waals surface area contributed by atoms with E-state index in [0.717, 1.165) is 12.8 Å². The monoisotopic (exact) mass is 328 g/mol. The lowest BCUT2D eigenvalue weighted by Gasteiger charge is -2.39. The highest BCUT2D eigenvalue weighted by atomic mass is 16.5.